The molecule has 10 rings (SSSR count). The van der Waals surface area contributed by atoms with Crippen LogP contribution >= 0.6 is 0 Å². The van der Waals surface area contributed by atoms with Crippen molar-refractivity contribution in [1.82, 2.24) is 47.5 Å². The molecule has 0 spiro atoms. The molecule has 0 saturated carbocycles. The third kappa shape index (κ3) is 14.1. The number of likely N-dealkylation sites (tertiary alicyclic amines) is 2. The normalized spacial score (nSPS) is 16.1. The predicted octanol–water partition coefficient (Wildman–Crippen LogP) is 12.8. The van der Waals surface area contributed by atoms with Crippen LogP contribution in [0.15, 0.2) is 82.4 Å². The fraction of sp³-hybridized carbons (Fsp3) is 0.588. The highest BCUT2D eigenvalue weighted by atomic mass is 16.5. The van der Waals surface area contributed by atoms with Crippen molar-refractivity contribution in [2.45, 2.75) is 152 Å². The van der Waals surface area contributed by atoms with E-state index in [0.717, 1.165) is 145 Å². The molecule has 0 N–H and O–H groups in total. The summed E-state index contributed by atoms with van der Waals surface area (Å²) in [4.78, 5) is 50.1. The molecule has 14 heteroatoms. The lowest BCUT2D eigenvalue weighted by Gasteiger charge is -2.32. The van der Waals surface area contributed by atoms with Crippen molar-refractivity contribution in [3.63, 3.8) is 0 Å². The average molecular weight is 1120 g/mol. The predicted molar refractivity (Wildman–Crippen MR) is 338 cm³/mol. The first-order valence-electron chi connectivity index (χ1n) is 31.7. The molecule has 0 aliphatic carbocycles. The summed E-state index contributed by atoms with van der Waals surface area (Å²) in [5.74, 6) is 5.42. The largest absolute Gasteiger partial charge is 0.493 e. The number of aryl methyl sites for hydroxylation is 2. The third-order valence-electron chi connectivity index (χ3n) is 17.7. The Hall–Kier alpha value is -5.80. The van der Waals surface area contributed by atoms with E-state index in [1.807, 2.05) is 45.2 Å². The van der Waals surface area contributed by atoms with Gasteiger partial charge in [-0.2, -0.15) is 0 Å². The van der Waals surface area contributed by atoms with Crippen molar-refractivity contribution < 1.29 is 9.47 Å². The van der Waals surface area contributed by atoms with Crippen molar-refractivity contribution in [2.24, 2.45) is 29.6 Å². The van der Waals surface area contributed by atoms with Gasteiger partial charge in [-0.1, -0.05) is 86.1 Å². The van der Waals surface area contributed by atoms with Crippen LogP contribution in [0, 0.1) is 29.6 Å². The minimum absolute atomic E-state index is 0.0217. The van der Waals surface area contributed by atoms with Crippen molar-refractivity contribution in [3.8, 4) is 11.5 Å². The first-order valence-corrected chi connectivity index (χ1v) is 31.7. The van der Waals surface area contributed by atoms with Crippen LogP contribution in [0.3, 0.4) is 0 Å². The molecule has 0 amide bonds. The Balaban J connectivity index is 0.870. The smallest absolute Gasteiger partial charge is 0.267 e. The summed E-state index contributed by atoms with van der Waals surface area (Å²) >= 11 is 0. The van der Waals surface area contributed by atoms with Gasteiger partial charge in [0.2, 0.25) is 11.6 Å². The Morgan fingerprint density at radius 2 is 1.05 bits per heavy atom. The van der Waals surface area contributed by atoms with E-state index in [4.69, 9.17) is 19.4 Å². The number of benzene rings is 4. The maximum atomic E-state index is 15.0. The molecule has 1 unspecified atom stereocenters. The monoisotopic (exact) mass is 1120 g/mol. The number of imidazole rings is 2. The number of piperidine rings is 2. The van der Waals surface area contributed by atoms with Gasteiger partial charge in [0.1, 0.15) is 0 Å². The highest BCUT2D eigenvalue weighted by Crippen LogP contribution is 2.34. The van der Waals surface area contributed by atoms with Gasteiger partial charge < -0.3 is 28.4 Å². The Morgan fingerprint density at radius 1 is 0.537 bits per heavy atom. The number of methoxy groups -OCH3 is 1. The molecule has 442 valence electrons. The molecule has 2 aliphatic rings. The fourth-order valence-electron chi connectivity index (χ4n) is 12.8. The van der Waals surface area contributed by atoms with Crippen molar-refractivity contribution >= 4 is 55.4 Å². The zero-order valence-corrected chi connectivity index (χ0v) is 51.3. The summed E-state index contributed by atoms with van der Waals surface area (Å²) in [5, 5.41) is 1.17. The number of nitrogens with zero attached hydrogens (tertiary/aromatic N) is 10. The number of para-hydroxylation sites is 1. The Kier molecular flexibility index (Phi) is 19.7. The molecule has 14 nitrogen and oxygen atoms in total. The van der Waals surface area contributed by atoms with Gasteiger partial charge in [0.05, 0.1) is 57.6 Å². The highest BCUT2D eigenvalue weighted by molar-refractivity contribution is 5.89. The number of hydrogen-bond donors (Lipinski definition) is 0. The van der Waals surface area contributed by atoms with Crippen molar-refractivity contribution in [3.05, 3.63) is 105 Å². The Morgan fingerprint density at radius 3 is 1.60 bits per heavy atom. The van der Waals surface area contributed by atoms with E-state index < -0.39 is 0 Å². The summed E-state index contributed by atoms with van der Waals surface area (Å²) in [7, 11) is 1.68. The summed E-state index contributed by atoms with van der Waals surface area (Å²) < 4.78 is 21.0. The van der Waals surface area contributed by atoms with Crippen LogP contribution in [0.5, 0.6) is 11.5 Å². The van der Waals surface area contributed by atoms with Gasteiger partial charge in [-0.25, -0.2) is 18.8 Å². The van der Waals surface area contributed by atoms with Gasteiger partial charge >= 0.3 is 0 Å². The quantitative estimate of drug-likeness (QED) is 0.0470. The molecular weight excluding hydrogens is 1020 g/mol. The minimum Gasteiger partial charge on any atom is -0.493 e. The number of fused-ring (bicyclic) bond motifs is 8. The van der Waals surface area contributed by atoms with Gasteiger partial charge in [-0.3, -0.25) is 19.4 Å². The summed E-state index contributed by atoms with van der Waals surface area (Å²) in [5.41, 5.74) is 7.69. The topological polar surface area (TPSA) is 110 Å². The van der Waals surface area contributed by atoms with Crippen molar-refractivity contribution in [1.29, 1.82) is 0 Å². The molecule has 2 saturated heterocycles. The van der Waals surface area contributed by atoms with E-state index >= 15 is 4.79 Å². The SMILES string of the molecule is COc1cc2nc3n(CCCN4CCCCC4)c4cc(CN(CCC(C)C)CCC(C)C)ccc4n3c(=O)c2cc1OCC1CCCN(CCCn2c3cc(CN(CCC(C)C)CCC(C)C)ccc3n3c(=O)c4ccccc4nc23)C1. The molecule has 0 bridgehead atoms. The minimum atomic E-state index is -0.0858. The molecule has 2 aliphatic heterocycles. The van der Waals surface area contributed by atoms with Gasteiger partial charge in [-0.15, -0.1) is 0 Å². The number of rotatable bonds is 28. The van der Waals surface area contributed by atoms with Crippen molar-refractivity contribution in [2.75, 3.05) is 79.2 Å². The van der Waals surface area contributed by atoms with Gasteiger partial charge in [0.15, 0.2) is 11.5 Å². The second-order valence-corrected chi connectivity index (χ2v) is 26.1. The number of hydrogen-bond acceptors (Lipinski definition) is 10. The highest BCUT2D eigenvalue weighted by Gasteiger charge is 2.25. The van der Waals surface area contributed by atoms with Crippen LogP contribution in [0.1, 0.15) is 137 Å². The van der Waals surface area contributed by atoms with Crippen LogP contribution < -0.4 is 20.6 Å². The van der Waals surface area contributed by atoms with Crippen LogP contribution in [0.4, 0.5) is 0 Å². The van der Waals surface area contributed by atoms with E-state index in [1.54, 1.807) is 7.11 Å². The van der Waals surface area contributed by atoms with E-state index in [1.165, 1.54) is 56.1 Å². The van der Waals surface area contributed by atoms with Crippen LogP contribution in [-0.4, -0.2) is 127 Å². The maximum Gasteiger partial charge on any atom is 0.267 e. The zero-order valence-electron chi connectivity index (χ0n) is 51.3. The molecule has 6 heterocycles. The van der Waals surface area contributed by atoms with E-state index in [-0.39, 0.29) is 11.1 Å². The number of ether oxygens (including phenoxy) is 2. The van der Waals surface area contributed by atoms with Gasteiger partial charge in [0.25, 0.3) is 11.1 Å². The molecule has 4 aromatic heterocycles. The third-order valence-corrected chi connectivity index (χ3v) is 17.7. The molecule has 8 aromatic rings. The second-order valence-electron chi connectivity index (χ2n) is 26.1. The van der Waals surface area contributed by atoms with E-state index in [9.17, 15) is 4.79 Å². The molecular formula is C68H96N10O4. The molecule has 1 atom stereocenters. The Labute approximate surface area is 487 Å². The van der Waals surface area contributed by atoms with Gasteiger partial charge in [-0.05, 0) is 200 Å². The number of aromatic nitrogens is 6. The molecule has 2 fully saturated rings. The summed E-state index contributed by atoms with van der Waals surface area (Å²) in [6.07, 6.45) is 12.6. The summed E-state index contributed by atoms with van der Waals surface area (Å²) in [6.45, 7) is 32.8. The van der Waals surface area contributed by atoms with E-state index in [0.29, 0.717) is 75.5 Å². The molecule has 4 aromatic carbocycles. The first kappa shape index (κ1) is 59.4. The maximum absolute atomic E-state index is 15.0. The molecule has 0 radical (unpaired) electrons. The standard InChI is InChI=1S/C68H96N10O4/c1-48(2)25-36-73(37-26-49(3)4)44-52-21-23-59-61(40-52)75(67-69-57-20-12-11-19-55(57)65(79)77(59)67)35-17-33-72-31-15-18-54(46-72)47-82-64-42-56-58(43-63(64)81-9)70-68-76(34-16-32-71-29-13-10-14-30-71)62-41-53(22-24-60(62)78(68)66(56)80)45-74(38-27-50(5)6)39-28-51(7)8/h11-12,19-24,40-43,48-51,54H,10,13-18,25-39,44-47H2,1-9H3. The van der Waals surface area contributed by atoms with E-state index in [2.05, 4.69) is 121 Å². The van der Waals surface area contributed by atoms with Crippen LogP contribution in [0.2, 0.25) is 0 Å². The van der Waals surface area contributed by atoms with Gasteiger partial charge in [0, 0.05) is 44.7 Å². The lowest BCUT2D eigenvalue weighted by molar-refractivity contribution is 0.126. The lowest BCUT2D eigenvalue weighted by atomic mass is 9.99. The molecule has 82 heavy (non-hydrogen) atoms. The second kappa shape index (κ2) is 27.3. The first-order chi connectivity index (χ1) is 39.7. The van der Waals surface area contributed by atoms with Crippen LogP contribution in [0.25, 0.3) is 55.4 Å². The van der Waals surface area contributed by atoms with Crippen LogP contribution in [-0.2, 0) is 26.2 Å². The summed E-state index contributed by atoms with van der Waals surface area (Å²) in [6, 6.07) is 24.9. The lowest BCUT2D eigenvalue weighted by Crippen LogP contribution is -2.38. The fourth-order valence-corrected chi connectivity index (χ4v) is 12.8. The zero-order chi connectivity index (χ0) is 57.4. The average Bonchev–Trinajstić information content (AvgIpc) is 2.67. The Bertz CT molecular complexity index is 3520.